The Hall–Kier alpha value is -2.01. The van der Waals surface area contributed by atoms with Crippen LogP contribution in [0.25, 0.3) is 5.57 Å². The van der Waals surface area contributed by atoms with Crippen LogP contribution in [0.2, 0.25) is 0 Å². The van der Waals surface area contributed by atoms with E-state index in [1.54, 1.807) is 12.1 Å². The summed E-state index contributed by atoms with van der Waals surface area (Å²) in [6.07, 6.45) is 4.23. The number of aliphatic imine (C=N–C) groups is 1. The third kappa shape index (κ3) is 4.30. The van der Waals surface area contributed by atoms with Gasteiger partial charge in [0.1, 0.15) is 5.82 Å². The van der Waals surface area contributed by atoms with Crippen molar-refractivity contribution < 1.29 is 9.18 Å². The molecule has 158 valence electrons. The van der Waals surface area contributed by atoms with Gasteiger partial charge in [-0.2, -0.15) is 0 Å². The van der Waals surface area contributed by atoms with Crippen molar-refractivity contribution in [3.63, 3.8) is 0 Å². The summed E-state index contributed by atoms with van der Waals surface area (Å²) in [6, 6.07) is 4.87. The van der Waals surface area contributed by atoms with E-state index < -0.39 is 5.54 Å². The minimum absolute atomic E-state index is 0.0969. The summed E-state index contributed by atoms with van der Waals surface area (Å²) in [4.78, 5) is 19.1. The van der Waals surface area contributed by atoms with Gasteiger partial charge >= 0.3 is 0 Å². The van der Waals surface area contributed by atoms with Crippen LogP contribution >= 0.6 is 0 Å². The van der Waals surface area contributed by atoms with Crippen LogP contribution in [-0.4, -0.2) is 42.2 Å². The molecule has 3 atom stereocenters. The Morgan fingerprint density at radius 3 is 2.45 bits per heavy atom. The van der Waals surface area contributed by atoms with Crippen molar-refractivity contribution in [3.8, 4) is 0 Å². The van der Waals surface area contributed by atoms with Crippen LogP contribution in [0.4, 0.5) is 10.1 Å². The van der Waals surface area contributed by atoms with Crippen molar-refractivity contribution in [2.24, 2.45) is 22.7 Å². The minimum Gasteiger partial charge on any atom is -0.352 e. The number of fused-ring (bicyclic) bond motifs is 1. The second-order valence-corrected chi connectivity index (χ2v) is 9.34. The van der Waals surface area contributed by atoms with Crippen molar-refractivity contribution >= 4 is 23.9 Å². The summed E-state index contributed by atoms with van der Waals surface area (Å²) in [5, 5.41) is 3.06. The van der Waals surface area contributed by atoms with Crippen LogP contribution < -0.4 is 5.32 Å². The molecule has 1 saturated carbocycles. The number of halogens is 1. The molecule has 2 fully saturated rings. The lowest BCUT2D eigenvalue weighted by atomic mass is 9.88. The number of carbonyl (C=O) groups excluding carboxylic acids is 1. The molecule has 0 bridgehead atoms. The Balaban J connectivity index is 1.72. The zero-order valence-corrected chi connectivity index (χ0v) is 18.3. The molecule has 1 saturated heterocycles. The Morgan fingerprint density at radius 2 is 1.93 bits per heavy atom. The molecule has 1 heterocycles. The SMILES string of the molecule is C=Nc1ccc(F)cc1/C(=C\C)C1C[C@@H]2CN(C(C)(C)C(=O)NC(C)C)C[C@@H]2C1. The number of hydrogen-bond acceptors (Lipinski definition) is 3. The number of amides is 1. The lowest BCUT2D eigenvalue weighted by molar-refractivity contribution is -0.131. The lowest BCUT2D eigenvalue weighted by Crippen LogP contribution is -2.55. The van der Waals surface area contributed by atoms with Crippen LogP contribution in [0, 0.1) is 23.6 Å². The molecule has 3 rings (SSSR count). The number of likely N-dealkylation sites (tertiary alicyclic amines) is 1. The van der Waals surface area contributed by atoms with Gasteiger partial charge in [0.25, 0.3) is 0 Å². The molecule has 2 aliphatic rings. The van der Waals surface area contributed by atoms with Gasteiger partial charge in [0, 0.05) is 24.7 Å². The first-order chi connectivity index (χ1) is 13.7. The summed E-state index contributed by atoms with van der Waals surface area (Å²) in [5.41, 5.74) is 2.27. The molecule has 1 unspecified atom stereocenters. The molecule has 1 aromatic carbocycles. The second-order valence-electron chi connectivity index (χ2n) is 9.34. The first-order valence-electron chi connectivity index (χ1n) is 10.7. The van der Waals surface area contributed by atoms with Gasteiger partial charge in [-0.3, -0.25) is 14.7 Å². The molecule has 1 N–H and O–H groups in total. The van der Waals surface area contributed by atoms with Gasteiger partial charge in [0.15, 0.2) is 0 Å². The van der Waals surface area contributed by atoms with Gasteiger partial charge in [-0.25, -0.2) is 4.39 Å². The predicted octanol–water partition coefficient (Wildman–Crippen LogP) is 4.82. The van der Waals surface area contributed by atoms with Gasteiger partial charge in [0.2, 0.25) is 5.91 Å². The summed E-state index contributed by atoms with van der Waals surface area (Å²) in [6.45, 7) is 15.6. The van der Waals surface area contributed by atoms with E-state index in [0.717, 1.165) is 37.2 Å². The Kier molecular flexibility index (Phi) is 6.27. The highest BCUT2D eigenvalue weighted by molar-refractivity contribution is 5.85. The van der Waals surface area contributed by atoms with Crippen LogP contribution in [0.5, 0.6) is 0 Å². The number of nitrogens with zero attached hydrogens (tertiary/aromatic N) is 2. The highest BCUT2D eigenvalue weighted by Gasteiger charge is 2.47. The average Bonchev–Trinajstić information content (AvgIpc) is 3.21. The zero-order chi connectivity index (χ0) is 21.3. The number of allylic oxidation sites excluding steroid dienone is 2. The fourth-order valence-corrected chi connectivity index (χ4v) is 5.08. The van der Waals surface area contributed by atoms with E-state index in [1.165, 1.54) is 11.6 Å². The van der Waals surface area contributed by atoms with E-state index in [2.05, 4.69) is 28.0 Å². The first-order valence-corrected chi connectivity index (χ1v) is 10.7. The summed E-state index contributed by atoms with van der Waals surface area (Å²) in [5.74, 6) is 1.38. The maximum Gasteiger partial charge on any atom is 0.240 e. The van der Waals surface area contributed by atoms with Crippen LogP contribution in [0.1, 0.15) is 53.0 Å². The molecule has 0 radical (unpaired) electrons. The number of nitrogens with one attached hydrogen (secondary N) is 1. The Labute approximate surface area is 174 Å². The zero-order valence-electron chi connectivity index (χ0n) is 18.3. The predicted molar refractivity (Wildman–Crippen MR) is 118 cm³/mol. The molecule has 1 aliphatic carbocycles. The number of hydrogen-bond donors (Lipinski definition) is 1. The number of rotatable bonds is 6. The van der Waals surface area contributed by atoms with Gasteiger partial charge < -0.3 is 5.32 Å². The first kappa shape index (κ1) is 21.7. The largest absolute Gasteiger partial charge is 0.352 e. The molecule has 1 aromatic rings. The minimum atomic E-state index is -0.504. The lowest BCUT2D eigenvalue weighted by Gasteiger charge is -2.35. The molecule has 29 heavy (non-hydrogen) atoms. The third-order valence-corrected chi connectivity index (χ3v) is 6.71. The normalized spacial score (nSPS) is 25.3. The van der Waals surface area contributed by atoms with Crippen molar-refractivity contribution in [3.05, 3.63) is 35.7 Å². The molecular weight excluding hydrogens is 365 g/mol. The molecular formula is C24H34FN3O. The summed E-state index contributed by atoms with van der Waals surface area (Å²) < 4.78 is 13.9. The molecule has 1 amide bonds. The van der Waals surface area contributed by atoms with E-state index >= 15 is 0 Å². The molecule has 1 aliphatic heterocycles. The molecule has 4 nitrogen and oxygen atoms in total. The van der Waals surface area contributed by atoms with E-state index in [9.17, 15) is 9.18 Å². The van der Waals surface area contributed by atoms with Crippen molar-refractivity contribution in [2.45, 2.75) is 59.0 Å². The van der Waals surface area contributed by atoms with E-state index in [0.29, 0.717) is 17.8 Å². The topological polar surface area (TPSA) is 44.7 Å². The van der Waals surface area contributed by atoms with Crippen molar-refractivity contribution in [2.75, 3.05) is 13.1 Å². The monoisotopic (exact) mass is 399 g/mol. The van der Waals surface area contributed by atoms with Crippen LogP contribution in [-0.2, 0) is 4.79 Å². The van der Waals surface area contributed by atoms with Crippen LogP contribution in [0.15, 0.2) is 29.3 Å². The highest BCUT2D eigenvalue weighted by Crippen LogP contribution is 2.49. The maximum atomic E-state index is 13.9. The second kappa shape index (κ2) is 8.39. The van der Waals surface area contributed by atoms with E-state index in [-0.39, 0.29) is 17.8 Å². The molecule has 5 heteroatoms. The smallest absolute Gasteiger partial charge is 0.240 e. The summed E-state index contributed by atoms with van der Waals surface area (Å²) >= 11 is 0. The Bertz CT molecular complexity index is 800. The van der Waals surface area contributed by atoms with Crippen molar-refractivity contribution in [1.82, 2.24) is 10.2 Å². The average molecular weight is 400 g/mol. The standard InChI is InChI=1S/C24H34FN3O/c1-7-20(21-12-19(25)8-9-22(21)26-6)16-10-17-13-28(14-18(17)11-16)24(4,5)23(29)27-15(2)3/h7-9,12,15-18H,6,10-11,13-14H2,1-5H3,(H,27,29)/b20-7-/t16?,17-,18+. The quantitative estimate of drug-likeness (QED) is 0.697. The number of carbonyl (C=O) groups is 1. The van der Waals surface area contributed by atoms with E-state index in [4.69, 9.17) is 0 Å². The fourth-order valence-electron chi connectivity index (χ4n) is 5.08. The van der Waals surface area contributed by atoms with Gasteiger partial charge in [0.05, 0.1) is 11.2 Å². The number of benzene rings is 1. The third-order valence-electron chi connectivity index (χ3n) is 6.71. The Morgan fingerprint density at radius 1 is 1.31 bits per heavy atom. The maximum absolute atomic E-state index is 13.9. The highest BCUT2D eigenvalue weighted by atomic mass is 19.1. The molecule has 0 spiro atoms. The van der Waals surface area contributed by atoms with Crippen LogP contribution in [0.3, 0.4) is 0 Å². The van der Waals surface area contributed by atoms with Gasteiger partial charge in [-0.05, 0) is 95.7 Å². The van der Waals surface area contributed by atoms with E-state index in [1.807, 2.05) is 34.6 Å². The van der Waals surface area contributed by atoms with Gasteiger partial charge in [-0.1, -0.05) is 6.08 Å². The summed E-state index contributed by atoms with van der Waals surface area (Å²) in [7, 11) is 0. The molecule has 0 aromatic heterocycles. The van der Waals surface area contributed by atoms with Gasteiger partial charge in [-0.15, -0.1) is 0 Å². The fraction of sp³-hybridized carbons (Fsp3) is 0.583. The van der Waals surface area contributed by atoms with Crippen molar-refractivity contribution in [1.29, 1.82) is 0 Å².